The Bertz CT molecular complexity index is 817. The molecule has 0 saturated heterocycles. The molecule has 0 aromatic heterocycles. The van der Waals surface area contributed by atoms with Crippen LogP contribution in [0.3, 0.4) is 0 Å². The number of aryl methyl sites for hydroxylation is 1. The predicted octanol–water partition coefficient (Wildman–Crippen LogP) is 0.0790. The van der Waals surface area contributed by atoms with Gasteiger partial charge in [-0.15, -0.1) is 0 Å². The van der Waals surface area contributed by atoms with Gasteiger partial charge in [-0.1, -0.05) is 35.9 Å². The molecule has 1 heterocycles. The van der Waals surface area contributed by atoms with Crippen LogP contribution in [0.2, 0.25) is 0 Å². The fourth-order valence-electron chi connectivity index (χ4n) is 1.98. The first-order valence-corrected chi connectivity index (χ1v) is 9.99. The van der Waals surface area contributed by atoms with Gasteiger partial charge in [-0.3, -0.25) is 0 Å². The van der Waals surface area contributed by atoms with Crippen molar-refractivity contribution in [2.45, 2.75) is 18.9 Å². The van der Waals surface area contributed by atoms with Crippen molar-refractivity contribution in [2.75, 3.05) is 0 Å². The van der Waals surface area contributed by atoms with Crippen molar-refractivity contribution in [1.82, 2.24) is 0 Å². The lowest BCUT2D eigenvalue weighted by Crippen LogP contribution is -3.62. The van der Waals surface area contributed by atoms with E-state index in [4.69, 9.17) is 13.0 Å². The van der Waals surface area contributed by atoms with Crippen molar-refractivity contribution in [2.24, 2.45) is 0 Å². The first-order valence-electron chi connectivity index (χ1n) is 6.42. The zero-order valence-corrected chi connectivity index (χ0v) is 14.9. The number of hydrogen-bond donors (Lipinski definition) is 0. The molecule has 0 amide bonds. The molecular weight excluding hydrogens is 444 g/mol. The van der Waals surface area contributed by atoms with Crippen LogP contribution in [0.5, 0.6) is 0 Å². The summed E-state index contributed by atoms with van der Waals surface area (Å²) in [4.78, 5) is 0. The van der Waals surface area contributed by atoms with Gasteiger partial charge in [0.15, 0.2) is 17.3 Å². The van der Waals surface area contributed by atoms with E-state index in [2.05, 4.69) is 49.4 Å². The average molecular weight is 456 g/mol. The second kappa shape index (κ2) is 6.78. The van der Waals surface area contributed by atoms with Crippen LogP contribution >= 0.6 is 0 Å². The highest BCUT2D eigenvalue weighted by Crippen LogP contribution is 2.20. The maximum absolute atomic E-state index is 10.7. The molecule has 0 spiro atoms. The van der Waals surface area contributed by atoms with Gasteiger partial charge in [-0.25, -0.2) is 8.42 Å². The average Bonchev–Trinajstić information content (AvgIpc) is 2.43. The van der Waals surface area contributed by atoms with Crippen molar-refractivity contribution >= 4 is 10.1 Å². The van der Waals surface area contributed by atoms with Gasteiger partial charge in [0.05, 0.1) is 0 Å². The highest BCUT2D eigenvalue weighted by atomic mass is 127. The minimum absolute atomic E-state index is 0.0625. The topological polar surface area (TPSA) is 57.2 Å². The fourth-order valence-corrected chi connectivity index (χ4v) is 4.76. The molecule has 23 heavy (non-hydrogen) atoms. The Morgan fingerprint density at radius 2 is 1.61 bits per heavy atom. The molecule has 0 atom stereocenters. The smallest absolute Gasteiger partial charge is 0.485 e. The molecule has 0 unspecified atom stereocenters. The van der Waals surface area contributed by atoms with Gasteiger partial charge < -0.3 is 4.55 Å². The van der Waals surface area contributed by atoms with E-state index in [1.807, 2.05) is 0 Å². The summed E-state index contributed by atoms with van der Waals surface area (Å²) in [6, 6.07) is 15.8. The summed E-state index contributed by atoms with van der Waals surface area (Å²) in [7, 11) is -6.09. The quantitative estimate of drug-likeness (QED) is 0.274. The fraction of sp³-hybridized carbons (Fsp3) is 0.200. The summed E-state index contributed by atoms with van der Waals surface area (Å²) >= 11 is 0.0625. The van der Waals surface area contributed by atoms with Crippen LogP contribution in [0.25, 0.3) is 0 Å². The number of rotatable bonds is 0. The Labute approximate surface area is 142 Å². The maximum Gasteiger partial charge on any atom is 0.485 e. The third-order valence-electron chi connectivity index (χ3n) is 3.03. The molecule has 0 radical (unpaired) electrons. The molecule has 3 nitrogen and oxygen atoms in total. The van der Waals surface area contributed by atoms with E-state index in [0.29, 0.717) is 0 Å². The minimum Gasteiger partial charge on any atom is -0.741 e. The van der Waals surface area contributed by atoms with Crippen molar-refractivity contribution in [3.8, 4) is 0 Å². The molecule has 1 aliphatic heterocycles. The molecule has 124 valence electrons. The van der Waals surface area contributed by atoms with E-state index in [0.717, 1.165) is 6.42 Å². The van der Waals surface area contributed by atoms with Gasteiger partial charge in [-0.2, -0.15) is 13.2 Å². The molecule has 0 aliphatic carbocycles. The van der Waals surface area contributed by atoms with Crippen LogP contribution in [0.4, 0.5) is 13.2 Å². The molecular formula is C15H12F3IO3S. The van der Waals surface area contributed by atoms with Crippen molar-refractivity contribution in [1.29, 1.82) is 0 Å². The highest BCUT2D eigenvalue weighted by Gasteiger charge is 2.36. The van der Waals surface area contributed by atoms with Crippen molar-refractivity contribution < 1.29 is 47.3 Å². The molecule has 8 heteroatoms. The predicted molar refractivity (Wildman–Crippen MR) is 73.6 cm³/mol. The number of benzene rings is 2. The summed E-state index contributed by atoms with van der Waals surface area (Å²) in [5.41, 5.74) is -1.16. The van der Waals surface area contributed by atoms with Crippen LogP contribution in [0.1, 0.15) is 16.7 Å². The van der Waals surface area contributed by atoms with E-state index in [-0.39, 0.29) is 21.2 Å². The normalized spacial score (nSPS) is 13.4. The number of alkyl halides is 3. The lowest BCUT2D eigenvalue weighted by atomic mass is 10.0. The standard InChI is InChI=1S/C14H12I.CHF3O3S/c1-10-6-7-14-12(8-10)9-11-4-2-3-5-13(11)15-14;2-1(3,4)8(5,6)7/h2-8H,9H2,1H3;(H,5,6,7)/q+1;/p-1. The Morgan fingerprint density at radius 1 is 1.04 bits per heavy atom. The van der Waals surface area contributed by atoms with Gasteiger partial charge in [0.25, 0.3) is 0 Å². The first-order chi connectivity index (χ1) is 10.6. The van der Waals surface area contributed by atoms with Crippen LogP contribution in [-0.4, -0.2) is 18.5 Å². The van der Waals surface area contributed by atoms with Gasteiger partial charge in [0, 0.05) is 17.5 Å². The molecule has 0 bridgehead atoms. The third kappa shape index (κ3) is 4.67. The van der Waals surface area contributed by atoms with Crippen molar-refractivity contribution in [3.05, 3.63) is 66.3 Å². The molecule has 1 aliphatic rings. The second-order valence-corrected chi connectivity index (χ2v) is 9.09. The largest absolute Gasteiger partial charge is 0.741 e. The van der Waals surface area contributed by atoms with Crippen LogP contribution in [0, 0.1) is 14.1 Å². The lowest BCUT2D eigenvalue weighted by molar-refractivity contribution is -0.601. The Balaban J connectivity index is 0.000000207. The van der Waals surface area contributed by atoms with Crippen LogP contribution in [0.15, 0.2) is 42.5 Å². The van der Waals surface area contributed by atoms with E-state index >= 15 is 0 Å². The SMILES string of the molecule is Cc1ccc2c(c1)Cc1ccccc1[I+]2.O=S(=O)([O-])C(F)(F)F. The zero-order valence-electron chi connectivity index (χ0n) is 11.9. The van der Waals surface area contributed by atoms with Crippen LogP contribution < -0.4 is 21.2 Å². The number of hydrogen-bond acceptors (Lipinski definition) is 3. The van der Waals surface area contributed by atoms with Crippen molar-refractivity contribution in [3.63, 3.8) is 0 Å². The number of fused-ring (bicyclic) bond motifs is 2. The Hall–Kier alpha value is -1.13. The van der Waals surface area contributed by atoms with E-state index < -0.39 is 15.6 Å². The third-order valence-corrected chi connectivity index (χ3v) is 6.86. The maximum atomic E-state index is 10.7. The van der Waals surface area contributed by atoms with Gasteiger partial charge >= 0.3 is 26.7 Å². The van der Waals surface area contributed by atoms with E-state index in [1.165, 1.54) is 5.56 Å². The van der Waals surface area contributed by atoms with E-state index in [9.17, 15) is 13.2 Å². The Kier molecular flexibility index (Phi) is 5.37. The molecule has 2 aromatic rings. The van der Waals surface area contributed by atoms with E-state index in [1.54, 1.807) is 18.3 Å². The highest BCUT2D eigenvalue weighted by molar-refractivity contribution is 7.86. The minimum atomic E-state index is -6.09. The number of halogens is 4. The summed E-state index contributed by atoms with van der Waals surface area (Å²) in [5.74, 6) is 0. The second-order valence-electron chi connectivity index (χ2n) is 4.86. The van der Waals surface area contributed by atoms with Gasteiger partial charge in [0.2, 0.25) is 0 Å². The zero-order chi connectivity index (χ0) is 17.3. The Morgan fingerprint density at radius 3 is 2.22 bits per heavy atom. The molecule has 0 fully saturated rings. The molecule has 3 rings (SSSR count). The molecule has 0 N–H and O–H groups in total. The molecule has 0 saturated carbocycles. The summed E-state index contributed by atoms with van der Waals surface area (Å²) in [5, 5.41) is 0. The first kappa shape index (κ1) is 18.2. The lowest BCUT2D eigenvalue weighted by Gasteiger charge is -2.08. The summed E-state index contributed by atoms with van der Waals surface area (Å²) < 4.78 is 62.1. The van der Waals surface area contributed by atoms with Gasteiger partial charge in [-0.05, 0) is 19.1 Å². The molecule has 2 aromatic carbocycles. The van der Waals surface area contributed by atoms with Gasteiger partial charge in [0.1, 0.15) is 0 Å². The monoisotopic (exact) mass is 456 g/mol. The van der Waals surface area contributed by atoms with Crippen LogP contribution in [-0.2, 0) is 16.5 Å². The summed E-state index contributed by atoms with van der Waals surface area (Å²) in [6.07, 6.45) is 1.13. The summed E-state index contributed by atoms with van der Waals surface area (Å²) in [6.45, 7) is 2.18.